The first-order chi connectivity index (χ1) is 6.60. The van der Waals surface area contributed by atoms with Crippen molar-refractivity contribution in [3.05, 3.63) is 34.6 Å². The van der Waals surface area contributed by atoms with Gasteiger partial charge in [0.1, 0.15) is 11.9 Å². The summed E-state index contributed by atoms with van der Waals surface area (Å²) in [7, 11) is 0. The van der Waals surface area contributed by atoms with Gasteiger partial charge in [0.15, 0.2) is 5.78 Å². The van der Waals surface area contributed by atoms with Crippen LogP contribution in [0.2, 0.25) is 0 Å². The molecule has 0 radical (unpaired) electrons. The van der Waals surface area contributed by atoms with Crippen LogP contribution in [-0.4, -0.2) is 11.1 Å². The lowest BCUT2D eigenvalue weighted by molar-refractivity contribution is 0.102. The van der Waals surface area contributed by atoms with E-state index in [9.17, 15) is 9.18 Å². The molecule has 0 aliphatic carbocycles. The van der Waals surface area contributed by atoms with Crippen molar-refractivity contribution >= 4 is 21.7 Å². The van der Waals surface area contributed by atoms with E-state index in [1.165, 1.54) is 19.1 Å². The number of carbonyl (C=O) groups is 1. The zero-order valence-corrected chi connectivity index (χ0v) is 9.06. The number of aryl methyl sites for hydroxylation is 1. The van der Waals surface area contributed by atoms with Crippen LogP contribution < -0.4 is 0 Å². The highest BCUT2D eigenvalue weighted by molar-refractivity contribution is 9.09. The highest BCUT2D eigenvalue weighted by atomic mass is 79.9. The Kier molecular flexibility index (Phi) is 3.37. The summed E-state index contributed by atoms with van der Waals surface area (Å²) in [6.07, 6.45) is 0. The van der Waals surface area contributed by atoms with Gasteiger partial charge in [0.25, 0.3) is 0 Å². The lowest BCUT2D eigenvalue weighted by atomic mass is 10.0. The van der Waals surface area contributed by atoms with Crippen LogP contribution in [0.25, 0.3) is 0 Å². The highest BCUT2D eigenvalue weighted by Crippen LogP contribution is 2.15. The van der Waals surface area contributed by atoms with Gasteiger partial charge in [-0.05, 0) is 24.6 Å². The molecule has 0 saturated heterocycles. The first-order valence-corrected chi connectivity index (χ1v) is 5.01. The van der Waals surface area contributed by atoms with E-state index in [-0.39, 0.29) is 16.7 Å². The van der Waals surface area contributed by atoms with Gasteiger partial charge in [-0.2, -0.15) is 5.26 Å². The zero-order valence-electron chi connectivity index (χ0n) is 7.47. The van der Waals surface area contributed by atoms with Crippen molar-refractivity contribution in [2.45, 2.75) is 6.92 Å². The second kappa shape index (κ2) is 4.34. The summed E-state index contributed by atoms with van der Waals surface area (Å²) in [6, 6.07) is 4.43. The van der Waals surface area contributed by atoms with Gasteiger partial charge >= 0.3 is 0 Å². The van der Waals surface area contributed by atoms with E-state index in [1.54, 1.807) is 6.07 Å². The molecule has 0 N–H and O–H groups in total. The Labute approximate surface area is 89.5 Å². The van der Waals surface area contributed by atoms with Gasteiger partial charge < -0.3 is 0 Å². The molecule has 0 bridgehead atoms. The fraction of sp³-hybridized carbons (Fsp3) is 0.200. The van der Waals surface area contributed by atoms with E-state index in [4.69, 9.17) is 5.26 Å². The molecule has 2 nitrogen and oxygen atoms in total. The van der Waals surface area contributed by atoms with E-state index in [0.717, 1.165) is 0 Å². The quantitative estimate of drug-likeness (QED) is 0.602. The van der Waals surface area contributed by atoms with E-state index in [1.807, 2.05) is 0 Å². The van der Waals surface area contributed by atoms with Gasteiger partial charge in [0.05, 0.1) is 10.9 Å². The number of benzene rings is 1. The van der Waals surface area contributed by atoms with Gasteiger partial charge in [-0.15, -0.1) is 0 Å². The molecule has 0 spiro atoms. The average Bonchev–Trinajstić information content (AvgIpc) is 2.20. The monoisotopic (exact) mass is 255 g/mol. The molecule has 0 aliphatic heterocycles. The number of hydrogen-bond acceptors (Lipinski definition) is 2. The number of halogens is 2. The largest absolute Gasteiger partial charge is 0.293 e. The minimum Gasteiger partial charge on any atom is -0.293 e. The van der Waals surface area contributed by atoms with Gasteiger partial charge in [0, 0.05) is 5.56 Å². The molecule has 0 heterocycles. The maximum atomic E-state index is 13.2. The summed E-state index contributed by atoms with van der Waals surface area (Å²) in [4.78, 5) is 11.3. The Morgan fingerprint density at radius 3 is 2.79 bits per heavy atom. The number of ketones is 1. The number of rotatable bonds is 2. The summed E-state index contributed by atoms with van der Waals surface area (Å²) < 4.78 is 13.2. The molecule has 0 atom stereocenters. The number of nitriles is 1. The molecule has 0 fully saturated rings. The van der Waals surface area contributed by atoms with Gasteiger partial charge in [-0.3, -0.25) is 4.79 Å². The Bertz CT molecular complexity index is 423. The molecule has 0 unspecified atom stereocenters. The molecule has 4 heteroatoms. The van der Waals surface area contributed by atoms with E-state index < -0.39 is 5.82 Å². The van der Waals surface area contributed by atoms with Crippen LogP contribution in [0.15, 0.2) is 12.1 Å². The Balaban J connectivity index is 3.32. The summed E-state index contributed by atoms with van der Waals surface area (Å²) in [5.41, 5.74) is 0.583. The Morgan fingerprint density at radius 1 is 1.64 bits per heavy atom. The van der Waals surface area contributed by atoms with Crippen LogP contribution >= 0.6 is 15.9 Å². The Morgan fingerprint density at radius 2 is 2.29 bits per heavy atom. The molecule has 0 aromatic heterocycles. The molecule has 0 saturated carbocycles. The number of alkyl halides is 1. The van der Waals surface area contributed by atoms with Crippen molar-refractivity contribution in [1.82, 2.24) is 0 Å². The minimum absolute atomic E-state index is 0.0886. The van der Waals surface area contributed by atoms with E-state index >= 15 is 0 Å². The predicted molar refractivity (Wildman–Crippen MR) is 54.0 cm³/mol. The van der Waals surface area contributed by atoms with E-state index in [2.05, 4.69) is 15.9 Å². The SMILES string of the molecule is Cc1cc(C(=O)CBr)cc(C#N)c1F. The Hall–Kier alpha value is -1.21. The fourth-order valence-electron chi connectivity index (χ4n) is 1.09. The normalized spacial score (nSPS) is 9.57. The maximum Gasteiger partial charge on any atom is 0.173 e. The number of nitrogens with zero attached hydrogens (tertiary/aromatic N) is 1. The molecule has 72 valence electrons. The molecular weight excluding hydrogens is 249 g/mol. The zero-order chi connectivity index (χ0) is 10.7. The standard InChI is InChI=1S/C10H7BrFNO/c1-6-2-7(9(14)4-11)3-8(5-13)10(6)12/h2-3H,4H2,1H3. The summed E-state index contributed by atoms with van der Waals surface area (Å²) in [6.45, 7) is 1.53. The topological polar surface area (TPSA) is 40.9 Å². The maximum absolute atomic E-state index is 13.2. The third-order valence-electron chi connectivity index (χ3n) is 1.82. The molecule has 14 heavy (non-hydrogen) atoms. The van der Waals surface area contributed by atoms with Gasteiger partial charge in [0.2, 0.25) is 0 Å². The first-order valence-electron chi connectivity index (χ1n) is 3.89. The van der Waals surface area contributed by atoms with Crippen LogP contribution in [0.4, 0.5) is 4.39 Å². The molecule has 1 rings (SSSR count). The van der Waals surface area contributed by atoms with Crippen molar-refractivity contribution in [3.8, 4) is 6.07 Å². The van der Waals surface area contributed by atoms with Gasteiger partial charge in [-0.1, -0.05) is 15.9 Å². The van der Waals surface area contributed by atoms with E-state index in [0.29, 0.717) is 11.1 Å². The van der Waals surface area contributed by atoms with Crippen LogP contribution in [0.1, 0.15) is 21.5 Å². The van der Waals surface area contributed by atoms with Crippen molar-refractivity contribution in [2.24, 2.45) is 0 Å². The van der Waals surface area contributed by atoms with Crippen LogP contribution in [0, 0.1) is 24.1 Å². The third kappa shape index (κ3) is 1.99. The highest BCUT2D eigenvalue weighted by Gasteiger charge is 2.11. The van der Waals surface area contributed by atoms with Crippen molar-refractivity contribution in [2.75, 3.05) is 5.33 Å². The van der Waals surface area contributed by atoms with Crippen molar-refractivity contribution in [3.63, 3.8) is 0 Å². The van der Waals surface area contributed by atoms with Crippen molar-refractivity contribution < 1.29 is 9.18 Å². The smallest absolute Gasteiger partial charge is 0.173 e. The summed E-state index contributed by atoms with van der Waals surface area (Å²) >= 11 is 3.01. The molecular formula is C10H7BrFNO. The summed E-state index contributed by atoms with van der Waals surface area (Å²) in [5, 5.41) is 8.78. The average molecular weight is 256 g/mol. The number of carbonyl (C=O) groups excluding carboxylic acids is 1. The third-order valence-corrected chi connectivity index (χ3v) is 2.33. The fourth-order valence-corrected chi connectivity index (χ4v) is 1.41. The van der Waals surface area contributed by atoms with Crippen LogP contribution in [-0.2, 0) is 0 Å². The molecule has 1 aromatic carbocycles. The molecule has 1 aromatic rings. The summed E-state index contributed by atoms with van der Waals surface area (Å²) in [5.74, 6) is -0.719. The second-order valence-corrected chi connectivity index (χ2v) is 3.38. The second-order valence-electron chi connectivity index (χ2n) is 2.82. The predicted octanol–water partition coefficient (Wildman–Crippen LogP) is 2.58. The lowest BCUT2D eigenvalue weighted by Crippen LogP contribution is -2.02. The van der Waals surface area contributed by atoms with Crippen molar-refractivity contribution in [1.29, 1.82) is 5.26 Å². The molecule has 0 amide bonds. The minimum atomic E-state index is -0.557. The number of Topliss-reactive ketones (excluding diaryl/α,β-unsaturated/α-hetero) is 1. The van der Waals surface area contributed by atoms with Gasteiger partial charge in [-0.25, -0.2) is 4.39 Å². The van der Waals surface area contributed by atoms with Crippen LogP contribution in [0.5, 0.6) is 0 Å². The molecule has 0 aliphatic rings. The lowest BCUT2D eigenvalue weighted by Gasteiger charge is -2.02. The first kappa shape index (κ1) is 10.9. The number of hydrogen-bond donors (Lipinski definition) is 0. The van der Waals surface area contributed by atoms with Crippen LogP contribution in [0.3, 0.4) is 0 Å².